The number of esters is 1. The summed E-state index contributed by atoms with van der Waals surface area (Å²) in [6.07, 6.45) is 0.428. The molecular weight excluding hydrogens is 190 g/mol. The Labute approximate surface area is 80.8 Å². The average Bonchev–Trinajstić information content (AvgIpc) is 2.22. The van der Waals surface area contributed by atoms with Crippen LogP contribution in [0.4, 0.5) is 0 Å². The second kappa shape index (κ2) is 6.76. The van der Waals surface area contributed by atoms with Crippen LogP contribution in [0.15, 0.2) is 0 Å². The maximum Gasteiger partial charge on any atom is 0.305 e. The molecule has 0 atom stereocenters. The summed E-state index contributed by atoms with van der Waals surface area (Å²) in [5, 5.41) is 0. The highest BCUT2D eigenvalue weighted by Crippen LogP contribution is 1.94. The number of carbonyl (C=O) groups excluding carboxylic acids is 4. The number of ketones is 1. The number of hydrogen-bond acceptors (Lipinski definition) is 5. The second-order valence-corrected chi connectivity index (χ2v) is 2.50. The molecule has 0 aromatic carbocycles. The summed E-state index contributed by atoms with van der Waals surface area (Å²) >= 11 is 0. The van der Waals surface area contributed by atoms with Gasteiger partial charge in [0.2, 0.25) is 12.8 Å². The highest BCUT2D eigenvalue weighted by Gasteiger charge is 2.10. The molecule has 6 heteroatoms. The lowest BCUT2D eigenvalue weighted by atomic mass is 10.2. The lowest BCUT2D eigenvalue weighted by Crippen LogP contribution is -2.27. The first-order valence-corrected chi connectivity index (χ1v) is 3.89. The summed E-state index contributed by atoms with van der Waals surface area (Å²) in [6.45, 7) is -0.302. The molecule has 0 saturated carbocycles. The summed E-state index contributed by atoms with van der Waals surface area (Å²) in [5.41, 5.74) is 0. The molecule has 0 N–H and O–H groups in total. The van der Waals surface area contributed by atoms with E-state index < -0.39 is 5.97 Å². The van der Waals surface area contributed by atoms with Gasteiger partial charge in [0, 0.05) is 6.42 Å². The normalized spacial score (nSPS) is 8.93. The van der Waals surface area contributed by atoms with Crippen LogP contribution in [0.25, 0.3) is 0 Å². The van der Waals surface area contributed by atoms with Crippen molar-refractivity contribution in [2.75, 3.05) is 13.7 Å². The monoisotopic (exact) mass is 201 g/mol. The zero-order valence-corrected chi connectivity index (χ0v) is 7.76. The van der Waals surface area contributed by atoms with Crippen LogP contribution in [0.3, 0.4) is 0 Å². The number of ether oxygens (including phenoxy) is 1. The van der Waals surface area contributed by atoms with Crippen LogP contribution in [0, 0.1) is 0 Å². The zero-order chi connectivity index (χ0) is 11.0. The van der Waals surface area contributed by atoms with Crippen molar-refractivity contribution in [2.45, 2.75) is 12.8 Å². The zero-order valence-electron chi connectivity index (χ0n) is 7.76. The third kappa shape index (κ3) is 5.02. The molecule has 0 unspecified atom stereocenters. The van der Waals surface area contributed by atoms with Gasteiger partial charge in [0.15, 0.2) is 5.78 Å². The van der Waals surface area contributed by atoms with E-state index in [0.29, 0.717) is 4.90 Å². The van der Waals surface area contributed by atoms with E-state index in [9.17, 15) is 19.2 Å². The Kier molecular flexibility index (Phi) is 5.93. The van der Waals surface area contributed by atoms with Gasteiger partial charge >= 0.3 is 5.97 Å². The van der Waals surface area contributed by atoms with E-state index in [1.807, 2.05) is 0 Å². The van der Waals surface area contributed by atoms with Crippen LogP contribution < -0.4 is 0 Å². The Morgan fingerprint density at radius 3 is 2.21 bits per heavy atom. The minimum absolute atomic E-state index is 0.0369. The molecule has 0 aliphatic heterocycles. The maximum atomic E-state index is 11.0. The van der Waals surface area contributed by atoms with E-state index in [0.717, 1.165) is 0 Å². The molecule has 0 bridgehead atoms. The lowest BCUT2D eigenvalue weighted by molar-refractivity contribution is -0.142. The fourth-order valence-electron chi connectivity index (χ4n) is 0.726. The van der Waals surface area contributed by atoms with Gasteiger partial charge in [-0.1, -0.05) is 0 Å². The van der Waals surface area contributed by atoms with Crippen molar-refractivity contribution in [2.24, 2.45) is 0 Å². The minimum atomic E-state index is -0.498. The van der Waals surface area contributed by atoms with E-state index in [1.165, 1.54) is 7.11 Å². The molecule has 0 fully saturated rings. The highest BCUT2D eigenvalue weighted by atomic mass is 16.5. The van der Waals surface area contributed by atoms with Crippen LogP contribution in [-0.4, -0.2) is 43.1 Å². The van der Waals surface area contributed by atoms with Gasteiger partial charge in [-0.15, -0.1) is 0 Å². The predicted octanol–water partition coefficient (Wildman–Crippen LogP) is -0.877. The second-order valence-electron chi connectivity index (χ2n) is 2.50. The molecule has 0 saturated heterocycles. The van der Waals surface area contributed by atoms with Gasteiger partial charge in [-0.3, -0.25) is 24.1 Å². The number of carbonyl (C=O) groups is 4. The number of nitrogens with zero attached hydrogens (tertiary/aromatic N) is 1. The number of amides is 2. The molecule has 0 heterocycles. The molecule has 0 rings (SSSR count). The first-order chi connectivity index (χ1) is 6.63. The molecule has 0 aliphatic carbocycles. The largest absolute Gasteiger partial charge is 0.469 e. The van der Waals surface area contributed by atoms with E-state index in [4.69, 9.17) is 0 Å². The summed E-state index contributed by atoms with van der Waals surface area (Å²) < 4.78 is 4.31. The molecule has 0 aliphatic rings. The topological polar surface area (TPSA) is 80.8 Å². The standard InChI is InChI=1S/C8H11NO5/c1-14-8(13)3-2-7(12)4-9(5-10)6-11/h5-6H,2-4H2,1H3. The fourth-order valence-corrected chi connectivity index (χ4v) is 0.726. The third-order valence-corrected chi connectivity index (χ3v) is 1.47. The van der Waals surface area contributed by atoms with E-state index >= 15 is 0 Å². The molecule has 0 aromatic heterocycles. The number of rotatable bonds is 7. The smallest absolute Gasteiger partial charge is 0.305 e. The van der Waals surface area contributed by atoms with Crippen LogP contribution in [0.5, 0.6) is 0 Å². The van der Waals surface area contributed by atoms with Crippen LogP contribution in [0.2, 0.25) is 0 Å². The van der Waals surface area contributed by atoms with E-state index in [1.54, 1.807) is 0 Å². The SMILES string of the molecule is COC(=O)CCC(=O)CN(C=O)C=O. The van der Waals surface area contributed by atoms with Crippen molar-refractivity contribution < 1.29 is 23.9 Å². The van der Waals surface area contributed by atoms with Crippen molar-refractivity contribution in [3.8, 4) is 0 Å². The molecule has 78 valence electrons. The number of hydrogen-bond donors (Lipinski definition) is 0. The van der Waals surface area contributed by atoms with Crippen molar-refractivity contribution in [1.29, 1.82) is 0 Å². The van der Waals surface area contributed by atoms with E-state index in [2.05, 4.69) is 4.74 Å². The van der Waals surface area contributed by atoms with Crippen LogP contribution in [-0.2, 0) is 23.9 Å². The first kappa shape index (κ1) is 12.3. The van der Waals surface area contributed by atoms with Gasteiger partial charge in [-0.2, -0.15) is 0 Å². The fraction of sp³-hybridized carbons (Fsp3) is 0.500. The van der Waals surface area contributed by atoms with Crippen LogP contribution >= 0.6 is 0 Å². The Balaban J connectivity index is 3.80. The number of imide groups is 1. The first-order valence-electron chi connectivity index (χ1n) is 3.89. The summed E-state index contributed by atoms with van der Waals surface area (Å²) in [4.78, 5) is 42.5. The van der Waals surface area contributed by atoms with Gasteiger partial charge in [0.1, 0.15) is 0 Å². The predicted molar refractivity (Wildman–Crippen MR) is 45.1 cm³/mol. The molecular formula is C8H11NO5. The highest BCUT2D eigenvalue weighted by molar-refractivity contribution is 5.88. The molecule has 0 spiro atoms. The molecule has 2 amide bonds. The van der Waals surface area contributed by atoms with E-state index in [-0.39, 0.29) is 38.0 Å². The average molecular weight is 201 g/mol. The van der Waals surface area contributed by atoms with Crippen LogP contribution in [0.1, 0.15) is 12.8 Å². The molecule has 6 nitrogen and oxygen atoms in total. The molecule has 0 radical (unpaired) electrons. The van der Waals surface area contributed by atoms with Crippen molar-refractivity contribution in [3.05, 3.63) is 0 Å². The summed E-state index contributed by atoms with van der Waals surface area (Å²) in [6, 6.07) is 0. The summed E-state index contributed by atoms with van der Waals surface area (Å²) in [5.74, 6) is -0.864. The number of methoxy groups -OCH3 is 1. The van der Waals surface area contributed by atoms with Crippen molar-refractivity contribution in [1.82, 2.24) is 4.90 Å². The Bertz CT molecular complexity index is 230. The lowest BCUT2D eigenvalue weighted by Gasteiger charge is -2.06. The van der Waals surface area contributed by atoms with Gasteiger partial charge in [0.05, 0.1) is 20.1 Å². The Hall–Kier alpha value is -1.72. The molecule has 0 aromatic rings. The van der Waals surface area contributed by atoms with Crippen molar-refractivity contribution in [3.63, 3.8) is 0 Å². The third-order valence-electron chi connectivity index (χ3n) is 1.47. The Morgan fingerprint density at radius 2 is 1.79 bits per heavy atom. The maximum absolute atomic E-state index is 11.0. The Morgan fingerprint density at radius 1 is 1.21 bits per heavy atom. The summed E-state index contributed by atoms with van der Waals surface area (Å²) in [7, 11) is 1.22. The number of Topliss-reactive ketones (excluding diaryl/α,β-unsaturated/α-hetero) is 1. The van der Waals surface area contributed by atoms with Gasteiger partial charge in [-0.05, 0) is 0 Å². The van der Waals surface area contributed by atoms with Crippen molar-refractivity contribution >= 4 is 24.6 Å². The molecule has 14 heavy (non-hydrogen) atoms. The quantitative estimate of drug-likeness (QED) is 0.395. The van der Waals surface area contributed by atoms with Gasteiger partial charge in [0.25, 0.3) is 0 Å². The van der Waals surface area contributed by atoms with Gasteiger partial charge < -0.3 is 4.74 Å². The van der Waals surface area contributed by atoms with Gasteiger partial charge in [-0.25, -0.2) is 0 Å². The minimum Gasteiger partial charge on any atom is -0.469 e.